The van der Waals surface area contributed by atoms with Gasteiger partial charge in [-0.1, -0.05) is 11.6 Å². The molecule has 82 valence electrons. The predicted molar refractivity (Wildman–Crippen MR) is 67.8 cm³/mol. The average Bonchev–Trinajstić information content (AvgIpc) is 2.97. The third-order valence-corrected chi connectivity index (χ3v) is 4.27. The van der Waals surface area contributed by atoms with Crippen LogP contribution in [0.25, 0.3) is 0 Å². The van der Waals surface area contributed by atoms with Gasteiger partial charge in [0.2, 0.25) is 0 Å². The first kappa shape index (κ1) is 11.3. The zero-order chi connectivity index (χ0) is 11.1. The monoisotopic (exact) mass is 241 g/mol. The van der Waals surface area contributed by atoms with E-state index in [-0.39, 0.29) is 11.5 Å². The quantitative estimate of drug-likeness (QED) is 0.821. The van der Waals surface area contributed by atoms with Crippen LogP contribution in [0.5, 0.6) is 0 Å². The van der Waals surface area contributed by atoms with E-state index in [1.54, 1.807) is 11.8 Å². The van der Waals surface area contributed by atoms with Gasteiger partial charge in [0.25, 0.3) is 0 Å². The molecule has 2 rings (SSSR count). The summed E-state index contributed by atoms with van der Waals surface area (Å²) in [6.07, 6.45) is 4.46. The highest BCUT2D eigenvalue weighted by Crippen LogP contribution is 2.51. The minimum Gasteiger partial charge on any atom is -0.327 e. The zero-order valence-corrected chi connectivity index (χ0v) is 10.7. The van der Waals surface area contributed by atoms with Crippen LogP contribution in [-0.2, 0) is 5.41 Å². The molecule has 2 N–H and O–H groups in total. The lowest BCUT2D eigenvalue weighted by molar-refractivity contribution is 0.555. The topological polar surface area (TPSA) is 26.0 Å². The fourth-order valence-electron chi connectivity index (χ4n) is 2.11. The molecule has 1 aliphatic rings. The van der Waals surface area contributed by atoms with E-state index in [1.807, 2.05) is 6.07 Å². The highest BCUT2D eigenvalue weighted by atomic mass is 35.5. The Labute approximate surface area is 100 Å². The molecule has 1 atom stereocenters. The van der Waals surface area contributed by atoms with E-state index < -0.39 is 0 Å². The lowest BCUT2D eigenvalue weighted by Crippen LogP contribution is -2.31. The number of hydrogen-bond donors (Lipinski definition) is 1. The van der Waals surface area contributed by atoms with Gasteiger partial charge in [-0.2, -0.15) is 0 Å². The number of hydrogen-bond acceptors (Lipinski definition) is 2. The van der Waals surface area contributed by atoms with Crippen molar-refractivity contribution in [2.75, 3.05) is 6.26 Å². The second-order valence-corrected chi connectivity index (χ2v) is 5.64. The van der Waals surface area contributed by atoms with Crippen LogP contribution < -0.4 is 5.73 Å². The Bertz CT molecular complexity index is 372. The molecule has 0 radical (unpaired) electrons. The lowest BCUT2D eigenvalue weighted by atomic mass is 9.90. The van der Waals surface area contributed by atoms with Crippen LogP contribution in [0.4, 0.5) is 0 Å². The third kappa shape index (κ3) is 2.03. The summed E-state index contributed by atoms with van der Waals surface area (Å²) in [6, 6.07) is 6.52. The smallest absolute Gasteiger partial charge is 0.0420 e. The van der Waals surface area contributed by atoms with Gasteiger partial charge < -0.3 is 5.73 Å². The molecule has 0 bridgehead atoms. The molecule has 0 spiro atoms. The molecule has 1 aliphatic carbocycles. The van der Waals surface area contributed by atoms with E-state index in [9.17, 15) is 0 Å². The normalized spacial score (nSPS) is 20.0. The molecular formula is C12H16ClNS. The van der Waals surface area contributed by atoms with Crippen molar-refractivity contribution in [1.29, 1.82) is 0 Å². The maximum atomic E-state index is 6.11. The van der Waals surface area contributed by atoms with E-state index in [1.165, 1.54) is 23.3 Å². The van der Waals surface area contributed by atoms with Crippen LogP contribution in [-0.4, -0.2) is 12.3 Å². The third-order valence-electron chi connectivity index (χ3n) is 3.34. The highest BCUT2D eigenvalue weighted by Gasteiger charge is 2.47. The van der Waals surface area contributed by atoms with Crippen molar-refractivity contribution < 1.29 is 0 Å². The first-order valence-corrected chi connectivity index (χ1v) is 6.79. The molecule has 1 saturated carbocycles. The Morgan fingerprint density at radius 2 is 2.07 bits per heavy atom. The van der Waals surface area contributed by atoms with Gasteiger partial charge in [0.05, 0.1) is 0 Å². The first-order valence-electron chi connectivity index (χ1n) is 5.19. The predicted octanol–water partition coefficient (Wildman–Crippen LogP) is 3.44. The van der Waals surface area contributed by atoms with E-state index in [4.69, 9.17) is 17.3 Å². The van der Waals surface area contributed by atoms with E-state index in [0.717, 1.165) is 5.02 Å². The summed E-state index contributed by atoms with van der Waals surface area (Å²) in [4.78, 5) is 1.23. The number of rotatable bonds is 3. The van der Waals surface area contributed by atoms with Gasteiger partial charge in [-0.05, 0) is 49.8 Å². The van der Waals surface area contributed by atoms with E-state index >= 15 is 0 Å². The van der Waals surface area contributed by atoms with Gasteiger partial charge in [-0.25, -0.2) is 0 Å². The summed E-state index contributed by atoms with van der Waals surface area (Å²) in [5.41, 5.74) is 7.57. The van der Waals surface area contributed by atoms with Crippen LogP contribution in [0.15, 0.2) is 23.1 Å². The second-order valence-electron chi connectivity index (χ2n) is 4.32. The van der Waals surface area contributed by atoms with Crippen LogP contribution in [0.3, 0.4) is 0 Å². The molecule has 0 saturated heterocycles. The molecule has 0 amide bonds. The number of benzene rings is 1. The molecule has 1 nitrogen and oxygen atoms in total. The molecule has 3 heteroatoms. The standard InChI is InChI=1S/C12H16ClNS/c1-8(14)12(3-4-12)9-5-10(13)7-11(6-9)15-2/h5-8H,3-4,14H2,1-2H3. The summed E-state index contributed by atoms with van der Waals surface area (Å²) in [7, 11) is 0. The molecule has 0 heterocycles. The number of nitrogens with two attached hydrogens (primary N) is 1. The van der Waals surface area contributed by atoms with Crippen molar-refractivity contribution in [1.82, 2.24) is 0 Å². The Kier molecular flexibility index (Phi) is 3.02. The van der Waals surface area contributed by atoms with Crippen molar-refractivity contribution in [3.8, 4) is 0 Å². The summed E-state index contributed by atoms with van der Waals surface area (Å²) in [5, 5.41) is 0.823. The summed E-state index contributed by atoms with van der Waals surface area (Å²) < 4.78 is 0. The maximum absolute atomic E-state index is 6.11. The van der Waals surface area contributed by atoms with Crippen molar-refractivity contribution in [2.24, 2.45) is 5.73 Å². The number of halogens is 1. The zero-order valence-electron chi connectivity index (χ0n) is 9.09. The van der Waals surface area contributed by atoms with Crippen molar-refractivity contribution in [2.45, 2.75) is 36.1 Å². The van der Waals surface area contributed by atoms with Gasteiger partial charge in [0, 0.05) is 21.4 Å². The molecule has 0 aliphatic heterocycles. The molecule has 1 fully saturated rings. The molecule has 1 aromatic rings. The fourth-order valence-corrected chi connectivity index (χ4v) is 2.90. The molecule has 15 heavy (non-hydrogen) atoms. The molecule has 0 aromatic heterocycles. The highest BCUT2D eigenvalue weighted by molar-refractivity contribution is 7.98. The SMILES string of the molecule is CSc1cc(Cl)cc(C2(C(C)N)CC2)c1. The largest absolute Gasteiger partial charge is 0.327 e. The molecule has 1 unspecified atom stereocenters. The van der Waals surface area contributed by atoms with Crippen LogP contribution in [0.2, 0.25) is 5.02 Å². The first-order chi connectivity index (χ1) is 7.08. The van der Waals surface area contributed by atoms with Crippen LogP contribution in [0.1, 0.15) is 25.3 Å². The minimum absolute atomic E-state index is 0.204. The van der Waals surface area contributed by atoms with Gasteiger partial charge in [0.1, 0.15) is 0 Å². The minimum atomic E-state index is 0.204. The average molecular weight is 242 g/mol. The second kappa shape index (κ2) is 4.00. The number of thioether (sulfide) groups is 1. The van der Waals surface area contributed by atoms with Crippen molar-refractivity contribution in [3.05, 3.63) is 28.8 Å². The van der Waals surface area contributed by atoms with Crippen LogP contribution >= 0.6 is 23.4 Å². The molecule has 1 aromatic carbocycles. The summed E-state index contributed by atoms with van der Waals surface area (Å²) in [6.45, 7) is 2.09. The van der Waals surface area contributed by atoms with E-state index in [2.05, 4.69) is 25.3 Å². The Balaban J connectivity index is 2.40. The van der Waals surface area contributed by atoms with Gasteiger partial charge in [-0.3, -0.25) is 0 Å². The Hall–Kier alpha value is -0.180. The summed E-state index contributed by atoms with van der Waals surface area (Å²) >= 11 is 7.84. The van der Waals surface area contributed by atoms with Crippen molar-refractivity contribution >= 4 is 23.4 Å². The van der Waals surface area contributed by atoms with Crippen molar-refractivity contribution in [3.63, 3.8) is 0 Å². The van der Waals surface area contributed by atoms with Gasteiger partial charge in [0.15, 0.2) is 0 Å². The van der Waals surface area contributed by atoms with Gasteiger partial charge in [-0.15, -0.1) is 11.8 Å². The van der Waals surface area contributed by atoms with Crippen LogP contribution in [0, 0.1) is 0 Å². The van der Waals surface area contributed by atoms with E-state index in [0.29, 0.717) is 0 Å². The Morgan fingerprint density at radius 3 is 2.53 bits per heavy atom. The molecular weight excluding hydrogens is 226 g/mol. The Morgan fingerprint density at radius 1 is 1.40 bits per heavy atom. The van der Waals surface area contributed by atoms with Gasteiger partial charge >= 0.3 is 0 Å². The maximum Gasteiger partial charge on any atom is 0.0420 e. The lowest BCUT2D eigenvalue weighted by Gasteiger charge is -2.21. The fraction of sp³-hybridized carbons (Fsp3) is 0.500. The summed E-state index contributed by atoms with van der Waals surface area (Å²) in [5.74, 6) is 0.